The van der Waals surface area contributed by atoms with Crippen molar-refractivity contribution < 1.29 is 4.42 Å². The highest BCUT2D eigenvalue weighted by molar-refractivity contribution is 7.25. The Morgan fingerprint density at radius 2 is 1.02 bits per heavy atom. The molecule has 3 aromatic heterocycles. The molecule has 0 radical (unpaired) electrons. The molecule has 10 aromatic rings. The fourth-order valence-electron chi connectivity index (χ4n) is 6.77. The van der Waals surface area contributed by atoms with Gasteiger partial charge in [-0.05, 0) is 64.4 Å². The van der Waals surface area contributed by atoms with Gasteiger partial charge in [0.2, 0.25) is 0 Å². The van der Waals surface area contributed by atoms with Gasteiger partial charge in [-0.15, -0.1) is 11.3 Å². The second kappa shape index (κ2) is 10.7. The third-order valence-corrected chi connectivity index (χ3v) is 10.3. The molecule has 0 aliphatic rings. The van der Waals surface area contributed by atoms with Gasteiger partial charge in [0, 0.05) is 47.6 Å². The molecule has 0 amide bonds. The molecule has 48 heavy (non-hydrogen) atoms. The average Bonchev–Trinajstić information content (AvgIpc) is 3.71. The van der Waals surface area contributed by atoms with E-state index in [-0.39, 0.29) is 0 Å². The molecule has 0 aliphatic heterocycles. The lowest BCUT2D eigenvalue weighted by molar-refractivity contribution is 0.669. The summed E-state index contributed by atoms with van der Waals surface area (Å²) in [5, 5.41) is 7.08. The molecule has 7 aromatic carbocycles. The van der Waals surface area contributed by atoms with E-state index in [9.17, 15) is 0 Å². The molecule has 0 spiro atoms. The molecule has 0 saturated carbocycles. The minimum Gasteiger partial charge on any atom is -0.456 e. The van der Waals surface area contributed by atoms with Crippen LogP contribution >= 0.6 is 11.3 Å². The number of fused-ring (bicyclic) bond motifs is 7. The van der Waals surface area contributed by atoms with Crippen LogP contribution in [0.4, 0.5) is 0 Å². The highest BCUT2D eigenvalue weighted by atomic mass is 32.1. The predicted octanol–water partition coefficient (Wildman–Crippen LogP) is 12.0. The van der Waals surface area contributed by atoms with E-state index >= 15 is 0 Å². The number of furan rings is 1. The molecule has 0 unspecified atom stereocenters. The SMILES string of the molecule is c1ccc(-c2nc(-c3ccc(-c4cccc5oc6cc7ccccc7cc6c45)cc3)nc(-c3ccc4sc5ccccc5c4c3)n2)cc1. The minimum atomic E-state index is 0.638. The van der Waals surface area contributed by atoms with Crippen LogP contribution in [-0.4, -0.2) is 15.0 Å². The van der Waals surface area contributed by atoms with Crippen LogP contribution in [0.5, 0.6) is 0 Å². The van der Waals surface area contributed by atoms with Crippen molar-refractivity contribution in [2.24, 2.45) is 0 Å². The van der Waals surface area contributed by atoms with Gasteiger partial charge in [0.05, 0.1) is 0 Å². The van der Waals surface area contributed by atoms with Crippen LogP contribution in [0.1, 0.15) is 0 Å². The third-order valence-electron chi connectivity index (χ3n) is 9.12. The van der Waals surface area contributed by atoms with Crippen LogP contribution in [0.3, 0.4) is 0 Å². The molecule has 4 nitrogen and oxygen atoms in total. The number of thiophene rings is 1. The summed E-state index contributed by atoms with van der Waals surface area (Å²) in [6.45, 7) is 0. The normalized spacial score (nSPS) is 11.8. The third kappa shape index (κ3) is 4.40. The molecule has 5 heteroatoms. The van der Waals surface area contributed by atoms with Crippen LogP contribution in [0.25, 0.3) is 98.2 Å². The lowest BCUT2D eigenvalue weighted by Gasteiger charge is -2.10. The maximum absolute atomic E-state index is 6.35. The first-order valence-corrected chi connectivity index (χ1v) is 16.7. The first-order chi connectivity index (χ1) is 23.7. The first kappa shape index (κ1) is 27.0. The van der Waals surface area contributed by atoms with E-state index in [1.165, 1.54) is 30.9 Å². The van der Waals surface area contributed by atoms with E-state index in [1.54, 1.807) is 0 Å². The van der Waals surface area contributed by atoms with E-state index in [1.807, 2.05) is 47.7 Å². The van der Waals surface area contributed by atoms with Crippen molar-refractivity contribution in [1.29, 1.82) is 0 Å². The van der Waals surface area contributed by atoms with Gasteiger partial charge >= 0.3 is 0 Å². The number of rotatable bonds is 4. The highest BCUT2D eigenvalue weighted by Crippen LogP contribution is 2.39. The van der Waals surface area contributed by atoms with Gasteiger partial charge in [-0.1, -0.05) is 109 Å². The predicted molar refractivity (Wildman–Crippen MR) is 199 cm³/mol. The van der Waals surface area contributed by atoms with Gasteiger partial charge in [-0.2, -0.15) is 0 Å². The van der Waals surface area contributed by atoms with Gasteiger partial charge in [0.1, 0.15) is 11.2 Å². The zero-order chi connectivity index (χ0) is 31.6. The van der Waals surface area contributed by atoms with Crippen molar-refractivity contribution in [3.05, 3.63) is 152 Å². The number of benzene rings is 7. The lowest BCUT2D eigenvalue weighted by Crippen LogP contribution is -2.00. The molecule has 10 rings (SSSR count). The van der Waals surface area contributed by atoms with Gasteiger partial charge < -0.3 is 4.42 Å². The van der Waals surface area contributed by atoms with Gasteiger partial charge in [0.25, 0.3) is 0 Å². The Morgan fingerprint density at radius 1 is 0.396 bits per heavy atom. The van der Waals surface area contributed by atoms with Gasteiger partial charge in [-0.3, -0.25) is 0 Å². The van der Waals surface area contributed by atoms with Gasteiger partial charge in [-0.25, -0.2) is 15.0 Å². The van der Waals surface area contributed by atoms with E-state index in [4.69, 9.17) is 19.4 Å². The van der Waals surface area contributed by atoms with E-state index in [0.29, 0.717) is 17.5 Å². The molecule has 0 atom stereocenters. The molecule has 0 fully saturated rings. The van der Waals surface area contributed by atoms with Crippen molar-refractivity contribution in [2.75, 3.05) is 0 Å². The number of hydrogen-bond donors (Lipinski definition) is 0. The van der Waals surface area contributed by atoms with E-state index < -0.39 is 0 Å². The van der Waals surface area contributed by atoms with Crippen molar-refractivity contribution in [2.45, 2.75) is 0 Å². The van der Waals surface area contributed by atoms with Crippen molar-refractivity contribution in [3.8, 4) is 45.3 Å². The topological polar surface area (TPSA) is 51.8 Å². The summed E-state index contributed by atoms with van der Waals surface area (Å²) in [6.07, 6.45) is 0. The van der Waals surface area contributed by atoms with Crippen molar-refractivity contribution in [3.63, 3.8) is 0 Å². The Kier molecular flexibility index (Phi) is 6.01. The molecule has 3 heterocycles. The van der Waals surface area contributed by atoms with E-state index in [0.717, 1.165) is 49.8 Å². The molecular weight excluding hydrogens is 607 g/mol. The van der Waals surface area contributed by atoms with Crippen LogP contribution in [-0.2, 0) is 0 Å². The monoisotopic (exact) mass is 631 g/mol. The fourth-order valence-corrected chi connectivity index (χ4v) is 7.85. The maximum atomic E-state index is 6.35. The first-order valence-electron chi connectivity index (χ1n) is 15.9. The summed E-state index contributed by atoms with van der Waals surface area (Å²) in [4.78, 5) is 15.0. The second-order valence-corrected chi connectivity index (χ2v) is 13.1. The largest absolute Gasteiger partial charge is 0.456 e. The molecule has 0 saturated heterocycles. The van der Waals surface area contributed by atoms with Crippen LogP contribution in [0.15, 0.2) is 156 Å². The Labute approximate surface area is 279 Å². The van der Waals surface area contributed by atoms with Crippen LogP contribution in [0.2, 0.25) is 0 Å². The average molecular weight is 632 g/mol. The summed E-state index contributed by atoms with van der Waals surface area (Å²) in [7, 11) is 0. The highest BCUT2D eigenvalue weighted by Gasteiger charge is 2.16. The van der Waals surface area contributed by atoms with E-state index in [2.05, 4.69) is 115 Å². The zero-order valence-corrected chi connectivity index (χ0v) is 26.4. The number of aromatic nitrogens is 3. The fraction of sp³-hybridized carbons (Fsp3) is 0. The smallest absolute Gasteiger partial charge is 0.164 e. The molecule has 0 bridgehead atoms. The number of nitrogens with zero attached hydrogens (tertiary/aromatic N) is 3. The maximum Gasteiger partial charge on any atom is 0.164 e. The minimum absolute atomic E-state index is 0.638. The second-order valence-electron chi connectivity index (χ2n) is 12.0. The Balaban J connectivity index is 1.10. The Hall–Kier alpha value is -6.17. The standard InChI is InChI=1S/C43H25N3OS/c1-2-9-27(10-3-1)41-44-42(46-43(45-41)31-21-22-39-34(24-31)33-13-6-7-16-38(33)48-39)28-19-17-26(18-20-28)32-14-8-15-36-40(32)35-23-29-11-4-5-12-30(29)25-37(35)47-36/h1-25H. The van der Waals surface area contributed by atoms with Crippen LogP contribution in [0, 0.1) is 0 Å². The quantitative estimate of drug-likeness (QED) is 0.194. The molecular formula is C43H25N3OS. The number of hydrogen-bond acceptors (Lipinski definition) is 5. The Bertz CT molecular complexity index is 2830. The summed E-state index contributed by atoms with van der Waals surface area (Å²) in [5.41, 5.74) is 6.86. The van der Waals surface area contributed by atoms with Crippen molar-refractivity contribution in [1.82, 2.24) is 15.0 Å². The summed E-state index contributed by atoms with van der Waals surface area (Å²) in [5.74, 6) is 1.94. The van der Waals surface area contributed by atoms with Crippen LogP contribution < -0.4 is 0 Å². The molecule has 224 valence electrons. The van der Waals surface area contributed by atoms with Crippen molar-refractivity contribution >= 4 is 64.2 Å². The lowest BCUT2D eigenvalue weighted by atomic mass is 9.97. The summed E-state index contributed by atoms with van der Waals surface area (Å²) in [6, 6.07) is 52.8. The zero-order valence-electron chi connectivity index (χ0n) is 25.6. The summed E-state index contributed by atoms with van der Waals surface area (Å²) < 4.78 is 8.87. The molecule has 0 aliphatic carbocycles. The van der Waals surface area contributed by atoms with Gasteiger partial charge in [0.15, 0.2) is 17.5 Å². The molecule has 0 N–H and O–H groups in total. The Morgan fingerprint density at radius 3 is 1.83 bits per heavy atom. The summed E-state index contributed by atoms with van der Waals surface area (Å²) >= 11 is 1.81.